The molecule has 12 heavy (non-hydrogen) atoms. The van der Waals surface area contributed by atoms with Crippen molar-refractivity contribution in [1.29, 1.82) is 0 Å². The van der Waals surface area contributed by atoms with Gasteiger partial charge in [-0.1, -0.05) is 12.1 Å². The van der Waals surface area contributed by atoms with E-state index < -0.39 is 0 Å². The summed E-state index contributed by atoms with van der Waals surface area (Å²) in [5.74, 6) is 0.817. The van der Waals surface area contributed by atoms with E-state index in [2.05, 4.69) is 0 Å². The first-order valence-corrected chi connectivity index (χ1v) is 4.17. The van der Waals surface area contributed by atoms with Gasteiger partial charge in [0.25, 0.3) is 0 Å². The van der Waals surface area contributed by atoms with Gasteiger partial charge in [-0.2, -0.15) is 0 Å². The second kappa shape index (κ2) is 2.79. The highest BCUT2D eigenvalue weighted by Crippen LogP contribution is 2.37. The van der Waals surface area contributed by atoms with Gasteiger partial charge in [0, 0.05) is 5.56 Å². The van der Waals surface area contributed by atoms with Crippen LogP contribution >= 0.6 is 0 Å². The molecule has 0 radical (unpaired) electrons. The molecule has 0 amide bonds. The number of rotatable bonds is 1. The summed E-state index contributed by atoms with van der Waals surface area (Å²) >= 11 is 0. The van der Waals surface area contributed by atoms with Gasteiger partial charge in [-0.25, -0.2) is 0 Å². The van der Waals surface area contributed by atoms with Crippen molar-refractivity contribution in [2.75, 3.05) is 7.11 Å². The molecule has 1 aromatic rings. The summed E-state index contributed by atoms with van der Waals surface area (Å²) in [5.41, 5.74) is 2.21. The maximum atomic E-state index is 9.61. The van der Waals surface area contributed by atoms with Gasteiger partial charge in [0.15, 0.2) is 0 Å². The maximum Gasteiger partial charge on any atom is 0.124 e. The van der Waals surface area contributed by atoms with Gasteiger partial charge in [-0.15, -0.1) is 0 Å². The van der Waals surface area contributed by atoms with Crippen molar-refractivity contribution in [3.05, 3.63) is 29.3 Å². The van der Waals surface area contributed by atoms with E-state index in [4.69, 9.17) is 4.74 Å². The maximum absolute atomic E-state index is 9.61. The summed E-state index contributed by atoms with van der Waals surface area (Å²) in [5, 5.41) is 9.61. The Morgan fingerprint density at radius 1 is 1.50 bits per heavy atom. The van der Waals surface area contributed by atoms with E-state index >= 15 is 0 Å². The highest BCUT2D eigenvalue weighted by Gasteiger charge is 2.23. The summed E-state index contributed by atoms with van der Waals surface area (Å²) in [6.45, 7) is 0. The molecule has 1 atom stereocenters. The molecule has 1 aliphatic carbocycles. The summed E-state index contributed by atoms with van der Waals surface area (Å²) in [7, 11) is 1.64. The summed E-state index contributed by atoms with van der Waals surface area (Å²) in [6, 6.07) is 5.91. The Morgan fingerprint density at radius 3 is 3.08 bits per heavy atom. The number of fused-ring (bicyclic) bond motifs is 1. The summed E-state index contributed by atoms with van der Waals surface area (Å²) in [4.78, 5) is 0. The lowest BCUT2D eigenvalue weighted by Gasteiger charge is -2.09. The lowest BCUT2D eigenvalue weighted by atomic mass is 10.1. The van der Waals surface area contributed by atoms with Gasteiger partial charge in [-0.3, -0.25) is 0 Å². The Morgan fingerprint density at radius 2 is 2.33 bits per heavy atom. The molecule has 2 heteroatoms. The van der Waals surface area contributed by atoms with E-state index in [9.17, 15) is 5.11 Å². The molecule has 0 bridgehead atoms. The minimum Gasteiger partial charge on any atom is -0.496 e. The molecule has 0 spiro atoms. The first-order chi connectivity index (χ1) is 5.83. The van der Waals surface area contributed by atoms with Crippen LogP contribution in [0.1, 0.15) is 23.7 Å². The van der Waals surface area contributed by atoms with E-state index in [0.717, 1.165) is 24.2 Å². The molecular weight excluding hydrogens is 152 g/mol. The number of aryl methyl sites for hydroxylation is 1. The summed E-state index contributed by atoms with van der Waals surface area (Å²) < 4.78 is 5.17. The van der Waals surface area contributed by atoms with Crippen LogP contribution in [0.4, 0.5) is 0 Å². The van der Waals surface area contributed by atoms with Gasteiger partial charge in [0.2, 0.25) is 0 Å². The van der Waals surface area contributed by atoms with Gasteiger partial charge < -0.3 is 9.84 Å². The van der Waals surface area contributed by atoms with Crippen molar-refractivity contribution in [3.8, 4) is 5.75 Å². The predicted octanol–water partition coefficient (Wildman–Crippen LogP) is 1.67. The SMILES string of the molecule is COc1cccc2c1C(O)CC2. The lowest BCUT2D eigenvalue weighted by molar-refractivity contribution is 0.176. The molecule has 0 aromatic heterocycles. The highest BCUT2D eigenvalue weighted by atomic mass is 16.5. The Bertz CT molecular complexity index is 294. The molecule has 0 aliphatic heterocycles. The Kier molecular flexibility index (Phi) is 1.77. The van der Waals surface area contributed by atoms with Gasteiger partial charge >= 0.3 is 0 Å². The molecule has 1 aromatic carbocycles. The van der Waals surface area contributed by atoms with Crippen molar-refractivity contribution >= 4 is 0 Å². The third-order valence-corrected chi connectivity index (χ3v) is 2.40. The summed E-state index contributed by atoms with van der Waals surface area (Å²) in [6.07, 6.45) is 1.47. The number of methoxy groups -OCH3 is 1. The molecule has 1 unspecified atom stereocenters. The molecule has 0 saturated carbocycles. The Hall–Kier alpha value is -1.02. The van der Waals surface area contributed by atoms with Crippen LogP contribution in [0, 0.1) is 0 Å². The van der Waals surface area contributed by atoms with Crippen molar-refractivity contribution in [1.82, 2.24) is 0 Å². The lowest BCUT2D eigenvalue weighted by Crippen LogP contribution is -1.95. The number of hydrogen-bond donors (Lipinski definition) is 1. The largest absolute Gasteiger partial charge is 0.496 e. The topological polar surface area (TPSA) is 29.5 Å². The van der Waals surface area contributed by atoms with Crippen LogP contribution in [-0.4, -0.2) is 12.2 Å². The number of aliphatic hydroxyl groups is 1. The van der Waals surface area contributed by atoms with Crippen LogP contribution in [0.25, 0.3) is 0 Å². The van der Waals surface area contributed by atoms with E-state index in [1.54, 1.807) is 7.11 Å². The Balaban J connectivity index is 2.53. The second-order valence-electron chi connectivity index (χ2n) is 3.09. The molecular formula is C10H12O2. The first kappa shape index (κ1) is 7.62. The van der Waals surface area contributed by atoms with Crippen molar-refractivity contribution in [3.63, 3.8) is 0 Å². The van der Waals surface area contributed by atoms with E-state index in [-0.39, 0.29) is 6.10 Å². The quantitative estimate of drug-likeness (QED) is 0.684. The first-order valence-electron chi connectivity index (χ1n) is 4.17. The van der Waals surface area contributed by atoms with Crippen molar-refractivity contribution < 1.29 is 9.84 Å². The van der Waals surface area contributed by atoms with Crippen LogP contribution in [-0.2, 0) is 6.42 Å². The fraction of sp³-hybridized carbons (Fsp3) is 0.400. The van der Waals surface area contributed by atoms with Crippen LogP contribution in [0.5, 0.6) is 5.75 Å². The molecule has 1 aliphatic rings. The highest BCUT2D eigenvalue weighted by molar-refractivity contribution is 5.44. The number of hydrogen-bond acceptors (Lipinski definition) is 2. The van der Waals surface area contributed by atoms with Crippen molar-refractivity contribution in [2.24, 2.45) is 0 Å². The van der Waals surface area contributed by atoms with Crippen LogP contribution in [0.15, 0.2) is 18.2 Å². The minimum atomic E-state index is -0.323. The number of benzene rings is 1. The monoisotopic (exact) mass is 164 g/mol. The smallest absolute Gasteiger partial charge is 0.124 e. The predicted molar refractivity (Wildman–Crippen MR) is 46.3 cm³/mol. The molecule has 0 saturated heterocycles. The van der Waals surface area contributed by atoms with E-state index in [0.29, 0.717) is 0 Å². The molecule has 2 rings (SSSR count). The zero-order chi connectivity index (χ0) is 8.55. The standard InChI is InChI=1S/C10H12O2/c1-12-9-4-2-3-7-5-6-8(11)10(7)9/h2-4,8,11H,5-6H2,1H3. The normalized spacial score (nSPS) is 20.7. The van der Waals surface area contributed by atoms with Crippen LogP contribution in [0.2, 0.25) is 0 Å². The molecule has 0 heterocycles. The fourth-order valence-electron chi connectivity index (χ4n) is 1.80. The average molecular weight is 164 g/mol. The third kappa shape index (κ3) is 0.994. The van der Waals surface area contributed by atoms with Gasteiger partial charge in [0.1, 0.15) is 5.75 Å². The van der Waals surface area contributed by atoms with E-state index in [1.807, 2.05) is 18.2 Å². The Labute approximate surface area is 71.8 Å². The molecule has 0 fully saturated rings. The average Bonchev–Trinajstić information content (AvgIpc) is 2.48. The van der Waals surface area contributed by atoms with Crippen LogP contribution in [0.3, 0.4) is 0 Å². The van der Waals surface area contributed by atoms with Crippen molar-refractivity contribution in [2.45, 2.75) is 18.9 Å². The zero-order valence-corrected chi connectivity index (χ0v) is 7.08. The number of ether oxygens (including phenoxy) is 1. The van der Waals surface area contributed by atoms with Gasteiger partial charge in [-0.05, 0) is 24.5 Å². The van der Waals surface area contributed by atoms with E-state index in [1.165, 1.54) is 5.56 Å². The minimum absolute atomic E-state index is 0.323. The van der Waals surface area contributed by atoms with Crippen LogP contribution < -0.4 is 4.74 Å². The fourth-order valence-corrected chi connectivity index (χ4v) is 1.80. The molecule has 1 N–H and O–H groups in total. The third-order valence-electron chi connectivity index (χ3n) is 2.40. The molecule has 64 valence electrons. The number of aliphatic hydroxyl groups excluding tert-OH is 1. The van der Waals surface area contributed by atoms with Gasteiger partial charge in [0.05, 0.1) is 13.2 Å². The zero-order valence-electron chi connectivity index (χ0n) is 7.08. The second-order valence-corrected chi connectivity index (χ2v) is 3.09. The molecule has 2 nitrogen and oxygen atoms in total.